The Balaban J connectivity index is 1.36. The van der Waals surface area contributed by atoms with Crippen LogP contribution in [0.1, 0.15) is 18.4 Å². The highest BCUT2D eigenvalue weighted by atomic mass is 35.5. The van der Waals surface area contributed by atoms with Crippen molar-refractivity contribution < 1.29 is 13.2 Å². The van der Waals surface area contributed by atoms with Crippen LogP contribution < -0.4 is 5.32 Å². The van der Waals surface area contributed by atoms with Gasteiger partial charge < -0.3 is 5.32 Å². The quantitative estimate of drug-likeness (QED) is 0.610. The number of sulfonamides is 1. The smallest absolute Gasteiger partial charge is 0.252 e. The average Bonchev–Trinajstić information content (AvgIpc) is 3.23. The Morgan fingerprint density at radius 2 is 2.04 bits per heavy atom. The second kappa shape index (κ2) is 10.1. The number of halogens is 1. The summed E-state index contributed by atoms with van der Waals surface area (Å²) in [4.78, 5) is 12.4. The highest BCUT2D eigenvalue weighted by Crippen LogP contribution is 2.26. The van der Waals surface area contributed by atoms with Gasteiger partial charge >= 0.3 is 0 Å². The predicted molar refractivity (Wildman–Crippen MR) is 116 cm³/mol. The molecule has 0 spiro atoms. The van der Waals surface area contributed by atoms with Crippen LogP contribution in [0.3, 0.4) is 0 Å². The first-order chi connectivity index (χ1) is 13.5. The summed E-state index contributed by atoms with van der Waals surface area (Å²) in [6.07, 6.45) is 1.12. The van der Waals surface area contributed by atoms with Gasteiger partial charge in [0.15, 0.2) is 0 Å². The van der Waals surface area contributed by atoms with Gasteiger partial charge in [-0.05, 0) is 42.0 Å². The molecule has 1 saturated heterocycles. The molecule has 0 unspecified atom stereocenters. The molecule has 152 valence electrons. The topological polar surface area (TPSA) is 66.5 Å². The largest absolute Gasteiger partial charge is 0.355 e. The Morgan fingerprint density at radius 3 is 2.71 bits per heavy atom. The van der Waals surface area contributed by atoms with E-state index >= 15 is 0 Å². The maximum atomic E-state index is 12.5. The van der Waals surface area contributed by atoms with Crippen LogP contribution in [0.15, 0.2) is 46.0 Å². The van der Waals surface area contributed by atoms with Crippen LogP contribution in [-0.2, 0) is 20.6 Å². The lowest BCUT2D eigenvalue weighted by Gasteiger charge is -2.30. The van der Waals surface area contributed by atoms with E-state index in [-0.39, 0.29) is 11.8 Å². The molecule has 2 heterocycles. The number of thiophene rings is 1. The Hall–Kier alpha value is -1.06. The maximum Gasteiger partial charge on any atom is 0.252 e. The van der Waals surface area contributed by atoms with Gasteiger partial charge in [-0.1, -0.05) is 29.8 Å². The molecule has 1 aromatic heterocycles. The van der Waals surface area contributed by atoms with Crippen molar-refractivity contribution in [2.75, 3.05) is 25.4 Å². The molecule has 2 aromatic rings. The van der Waals surface area contributed by atoms with E-state index in [2.05, 4.69) is 5.32 Å². The number of nitrogens with zero attached hydrogens (tertiary/aromatic N) is 1. The van der Waals surface area contributed by atoms with Gasteiger partial charge in [0.05, 0.1) is 0 Å². The molecule has 0 bridgehead atoms. The predicted octanol–water partition coefficient (Wildman–Crippen LogP) is 3.85. The van der Waals surface area contributed by atoms with Crippen molar-refractivity contribution in [1.29, 1.82) is 0 Å². The first kappa shape index (κ1) is 21.6. The highest BCUT2D eigenvalue weighted by molar-refractivity contribution is 7.98. The third-order valence-corrected chi connectivity index (χ3v) is 9.15. The molecule has 1 aliphatic rings. The Morgan fingerprint density at radius 1 is 1.25 bits per heavy atom. The van der Waals surface area contributed by atoms with Gasteiger partial charge in [0.1, 0.15) is 4.21 Å². The van der Waals surface area contributed by atoms with E-state index in [4.69, 9.17) is 11.6 Å². The van der Waals surface area contributed by atoms with Crippen molar-refractivity contribution in [3.8, 4) is 0 Å². The highest BCUT2D eigenvalue weighted by Gasteiger charge is 2.32. The first-order valence-electron chi connectivity index (χ1n) is 9.10. The van der Waals surface area contributed by atoms with E-state index in [0.29, 0.717) is 36.7 Å². The van der Waals surface area contributed by atoms with Gasteiger partial charge in [0.2, 0.25) is 5.91 Å². The van der Waals surface area contributed by atoms with Crippen LogP contribution in [0.25, 0.3) is 0 Å². The lowest BCUT2D eigenvalue weighted by atomic mass is 9.97. The van der Waals surface area contributed by atoms with Crippen molar-refractivity contribution in [1.82, 2.24) is 9.62 Å². The number of benzene rings is 1. The van der Waals surface area contributed by atoms with Gasteiger partial charge in [0.25, 0.3) is 10.0 Å². The van der Waals surface area contributed by atoms with Gasteiger partial charge in [-0.3, -0.25) is 4.79 Å². The molecule has 1 amide bonds. The standard InChI is InChI=1S/C19H23ClN2O3S3/c20-17-4-1-3-15(13-17)14-26-12-8-21-19(23)16-6-9-22(10-7-16)28(24,25)18-5-2-11-27-18/h1-5,11,13,16H,6-10,12,14H2,(H,21,23). The Bertz CT molecular complexity index is 880. The van der Waals surface area contributed by atoms with E-state index in [1.165, 1.54) is 21.2 Å². The van der Waals surface area contributed by atoms with Gasteiger partial charge in [0, 0.05) is 42.1 Å². The van der Waals surface area contributed by atoms with Crippen LogP contribution in [0.2, 0.25) is 5.02 Å². The van der Waals surface area contributed by atoms with Crippen molar-refractivity contribution in [3.05, 3.63) is 52.4 Å². The summed E-state index contributed by atoms with van der Waals surface area (Å²) in [7, 11) is -3.41. The molecule has 0 radical (unpaired) electrons. The van der Waals surface area contributed by atoms with Crippen LogP contribution in [0.4, 0.5) is 0 Å². The number of nitrogens with one attached hydrogen (secondary N) is 1. The monoisotopic (exact) mass is 458 g/mol. The van der Waals surface area contributed by atoms with E-state index < -0.39 is 10.0 Å². The zero-order valence-corrected chi connectivity index (χ0v) is 18.5. The van der Waals surface area contributed by atoms with Crippen LogP contribution in [0, 0.1) is 5.92 Å². The molecular formula is C19H23ClN2O3S3. The molecule has 0 atom stereocenters. The van der Waals surface area contributed by atoms with E-state index in [0.717, 1.165) is 16.5 Å². The summed E-state index contributed by atoms with van der Waals surface area (Å²) < 4.78 is 26.9. The van der Waals surface area contributed by atoms with E-state index in [9.17, 15) is 13.2 Å². The SMILES string of the molecule is O=C(NCCSCc1cccc(Cl)c1)C1CCN(S(=O)(=O)c2cccs2)CC1. The van der Waals surface area contributed by atoms with Gasteiger partial charge in [-0.25, -0.2) is 8.42 Å². The van der Waals surface area contributed by atoms with Crippen LogP contribution in [-0.4, -0.2) is 44.0 Å². The summed E-state index contributed by atoms with van der Waals surface area (Å²) in [5.41, 5.74) is 1.17. The summed E-state index contributed by atoms with van der Waals surface area (Å²) in [5.74, 6) is 1.59. The maximum absolute atomic E-state index is 12.5. The summed E-state index contributed by atoms with van der Waals surface area (Å²) in [5, 5.41) is 5.48. The third-order valence-electron chi connectivity index (χ3n) is 4.62. The summed E-state index contributed by atoms with van der Waals surface area (Å²) in [6.45, 7) is 1.39. The summed E-state index contributed by atoms with van der Waals surface area (Å²) in [6, 6.07) is 11.1. The molecule has 1 fully saturated rings. The summed E-state index contributed by atoms with van der Waals surface area (Å²) >= 11 is 8.95. The number of amides is 1. The molecule has 3 rings (SSSR count). The van der Waals surface area contributed by atoms with Gasteiger partial charge in [-0.15, -0.1) is 11.3 Å². The van der Waals surface area contributed by atoms with Crippen molar-refractivity contribution in [2.45, 2.75) is 22.8 Å². The van der Waals surface area contributed by atoms with Crippen molar-refractivity contribution >= 4 is 50.6 Å². The molecule has 28 heavy (non-hydrogen) atoms. The Labute approximate surface area is 179 Å². The Kier molecular flexibility index (Phi) is 7.82. The number of carbonyl (C=O) groups is 1. The second-order valence-electron chi connectivity index (χ2n) is 6.58. The van der Waals surface area contributed by atoms with Crippen LogP contribution >= 0.6 is 34.7 Å². The van der Waals surface area contributed by atoms with E-state index in [1.807, 2.05) is 24.3 Å². The second-order valence-corrected chi connectivity index (χ2v) is 11.2. The molecule has 0 aliphatic carbocycles. The number of thioether (sulfide) groups is 1. The molecule has 9 heteroatoms. The minimum absolute atomic E-state index is 0.0246. The third kappa shape index (κ3) is 5.73. The van der Waals surface area contributed by atoms with Crippen molar-refractivity contribution in [3.63, 3.8) is 0 Å². The number of hydrogen-bond acceptors (Lipinski definition) is 5. The molecule has 1 aromatic carbocycles. The number of hydrogen-bond donors (Lipinski definition) is 1. The number of rotatable bonds is 8. The minimum atomic E-state index is -3.41. The zero-order valence-electron chi connectivity index (χ0n) is 15.3. The van der Waals surface area contributed by atoms with E-state index in [1.54, 1.807) is 29.3 Å². The zero-order chi connectivity index (χ0) is 20.0. The fraction of sp³-hybridized carbons (Fsp3) is 0.421. The lowest BCUT2D eigenvalue weighted by Crippen LogP contribution is -2.43. The fourth-order valence-corrected chi connectivity index (χ4v) is 6.74. The molecular weight excluding hydrogens is 436 g/mol. The fourth-order valence-electron chi connectivity index (χ4n) is 3.10. The number of piperidine rings is 1. The van der Waals surface area contributed by atoms with Crippen LogP contribution in [0.5, 0.6) is 0 Å². The average molecular weight is 459 g/mol. The lowest BCUT2D eigenvalue weighted by molar-refractivity contribution is -0.125. The van der Waals surface area contributed by atoms with Gasteiger partial charge in [-0.2, -0.15) is 16.1 Å². The molecule has 0 saturated carbocycles. The number of carbonyl (C=O) groups excluding carboxylic acids is 1. The molecule has 1 N–H and O–H groups in total. The normalized spacial score (nSPS) is 16.2. The molecule has 5 nitrogen and oxygen atoms in total. The molecule has 1 aliphatic heterocycles. The first-order valence-corrected chi connectivity index (χ1v) is 13.0. The minimum Gasteiger partial charge on any atom is -0.355 e. The van der Waals surface area contributed by atoms with Crippen molar-refractivity contribution in [2.24, 2.45) is 5.92 Å².